The third-order valence-electron chi connectivity index (χ3n) is 3.73. The summed E-state index contributed by atoms with van der Waals surface area (Å²) in [5.74, 6) is 0.198. The van der Waals surface area contributed by atoms with Gasteiger partial charge in [-0.15, -0.1) is 0 Å². The van der Waals surface area contributed by atoms with Gasteiger partial charge < -0.3 is 10.2 Å². The average Bonchev–Trinajstić information content (AvgIpc) is 2.47. The summed E-state index contributed by atoms with van der Waals surface area (Å²) < 4.78 is 13.5. The topological polar surface area (TPSA) is 40.5 Å². The Bertz CT molecular complexity index is 482. The van der Waals surface area contributed by atoms with E-state index >= 15 is 0 Å². The molecule has 0 amide bonds. The van der Waals surface area contributed by atoms with Crippen molar-refractivity contribution in [2.24, 2.45) is 0 Å². The highest BCUT2D eigenvalue weighted by Gasteiger charge is 2.23. The van der Waals surface area contributed by atoms with E-state index in [9.17, 15) is 14.6 Å². The van der Waals surface area contributed by atoms with Crippen LogP contribution in [-0.4, -0.2) is 16.9 Å². The fraction of sp³-hybridized carbons (Fsp3) is 0.294. The largest absolute Gasteiger partial charge is 0.508 e. The number of hydrogen-bond donors (Lipinski definition) is 2. The molecule has 0 fully saturated rings. The standard InChI is InChI=1S/C17H19FO2/c1-2-16(12-3-7-14(19)8-4-12)17(11-18)13-5-9-15(20)10-6-13/h3-10,16-17,19-20H,2,11H2,1H3/t16-,17+/m1/s1. The Balaban J connectivity index is 2.32. The van der Waals surface area contributed by atoms with Crippen LogP contribution in [0.5, 0.6) is 11.5 Å². The molecule has 20 heavy (non-hydrogen) atoms. The number of halogens is 1. The molecule has 0 aliphatic carbocycles. The summed E-state index contributed by atoms with van der Waals surface area (Å²) in [6.45, 7) is 1.57. The van der Waals surface area contributed by atoms with Crippen molar-refractivity contribution < 1.29 is 14.6 Å². The van der Waals surface area contributed by atoms with Crippen LogP contribution in [0.3, 0.4) is 0 Å². The molecule has 0 aliphatic heterocycles. The fourth-order valence-electron chi connectivity index (χ4n) is 2.62. The highest BCUT2D eigenvalue weighted by molar-refractivity contribution is 5.34. The van der Waals surface area contributed by atoms with Crippen LogP contribution in [0, 0.1) is 0 Å². The van der Waals surface area contributed by atoms with E-state index < -0.39 is 6.67 Å². The molecule has 2 N–H and O–H groups in total. The first-order valence-corrected chi connectivity index (χ1v) is 6.79. The van der Waals surface area contributed by atoms with E-state index in [-0.39, 0.29) is 23.3 Å². The van der Waals surface area contributed by atoms with Crippen LogP contribution in [-0.2, 0) is 0 Å². The van der Waals surface area contributed by atoms with Crippen LogP contribution >= 0.6 is 0 Å². The molecular formula is C17H19FO2. The lowest BCUT2D eigenvalue weighted by Crippen LogP contribution is -2.12. The molecule has 0 aliphatic rings. The number of alkyl halides is 1. The Kier molecular flexibility index (Phi) is 4.61. The third kappa shape index (κ3) is 3.10. The molecule has 0 saturated heterocycles. The fourth-order valence-corrected chi connectivity index (χ4v) is 2.62. The zero-order valence-electron chi connectivity index (χ0n) is 11.5. The van der Waals surface area contributed by atoms with E-state index in [2.05, 4.69) is 0 Å². The molecule has 3 heteroatoms. The van der Waals surface area contributed by atoms with Crippen molar-refractivity contribution in [1.29, 1.82) is 0 Å². The van der Waals surface area contributed by atoms with Crippen molar-refractivity contribution >= 4 is 0 Å². The summed E-state index contributed by atoms with van der Waals surface area (Å²) in [7, 11) is 0. The summed E-state index contributed by atoms with van der Waals surface area (Å²) in [4.78, 5) is 0. The molecule has 0 saturated carbocycles. The Morgan fingerprint density at radius 1 is 0.800 bits per heavy atom. The molecule has 2 aromatic carbocycles. The van der Waals surface area contributed by atoms with Crippen LogP contribution in [0.4, 0.5) is 4.39 Å². The van der Waals surface area contributed by atoms with E-state index in [1.807, 2.05) is 19.1 Å². The smallest absolute Gasteiger partial charge is 0.115 e. The summed E-state index contributed by atoms with van der Waals surface area (Å²) in [5, 5.41) is 18.7. The molecular weight excluding hydrogens is 255 g/mol. The van der Waals surface area contributed by atoms with Crippen molar-refractivity contribution in [3.05, 3.63) is 59.7 Å². The van der Waals surface area contributed by atoms with Crippen LogP contribution in [0.2, 0.25) is 0 Å². The quantitative estimate of drug-likeness (QED) is 0.851. The first kappa shape index (κ1) is 14.4. The van der Waals surface area contributed by atoms with E-state index in [1.165, 1.54) is 0 Å². The predicted octanol–water partition coefficient (Wildman–Crippen LogP) is 4.34. The lowest BCUT2D eigenvalue weighted by atomic mass is 9.80. The average molecular weight is 274 g/mol. The first-order valence-electron chi connectivity index (χ1n) is 6.79. The number of benzene rings is 2. The third-order valence-corrected chi connectivity index (χ3v) is 3.73. The number of phenols is 2. The highest BCUT2D eigenvalue weighted by Crippen LogP contribution is 2.36. The zero-order chi connectivity index (χ0) is 14.5. The van der Waals surface area contributed by atoms with Gasteiger partial charge in [-0.2, -0.15) is 0 Å². The Morgan fingerprint density at radius 2 is 1.20 bits per heavy atom. The normalized spacial score (nSPS) is 13.9. The summed E-state index contributed by atoms with van der Waals surface area (Å²) in [6, 6.07) is 13.6. The van der Waals surface area contributed by atoms with Crippen molar-refractivity contribution in [2.75, 3.05) is 6.67 Å². The second-order valence-electron chi connectivity index (χ2n) is 4.96. The molecule has 0 heterocycles. The summed E-state index contributed by atoms with van der Waals surface area (Å²) in [5.41, 5.74) is 1.89. The van der Waals surface area contributed by atoms with Gasteiger partial charge in [-0.3, -0.25) is 4.39 Å². The van der Waals surface area contributed by atoms with Gasteiger partial charge in [0, 0.05) is 5.92 Å². The Morgan fingerprint density at radius 3 is 1.55 bits per heavy atom. The maximum atomic E-state index is 13.5. The van der Waals surface area contributed by atoms with Crippen molar-refractivity contribution in [1.82, 2.24) is 0 Å². The van der Waals surface area contributed by atoms with Gasteiger partial charge in [0.15, 0.2) is 0 Å². The van der Waals surface area contributed by atoms with Gasteiger partial charge in [0.25, 0.3) is 0 Å². The number of hydrogen-bond acceptors (Lipinski definition) is 2. The first-order chi connectivity index (χ1) is 9.65. The van der Waals surface area contributed by atoms with Gasteiger partial charge >= 0.3 is 0 Å². The van der Waals surface area contributed by atoms with Gasteiger partial charge in [0.1, 0.15) is 11.5 Å². The van der Waals surface area contributed by atoms with Crippen LogP contribution < -0.4 is 0 Å². The predicted molar refractivity (Wildman–Crippen MR) is 78.0 cm³/mol. The molecule has 2 rings (SSSR count). The molecule has 0 bridgehead atoms. The SMILES string of the molecule is CC[C@H](c1ccc(O)cc1)[C@@H](CF)c1ccc(O)cc1. The van der Waals surface area contributed by atoms with Crippen LogP contribution in [0.15, 0.2) is 48.5 Å². The molecule has 0 radical (unpaired) electrons. The Hall–Kier alpha value is -2.03. The second kappa shape index (κ2) is 6.42. The van der Waals surface area contributed by atoms with Gasteiger partial charge in [-0.25, -0.2) is 0 Å². The maximum Gasteiger partial charge on any atom is 0.115 e. The molecule has 0 unspecified atom stereocenters. The highest BCUT2D eigenvalue weighted by atomic mass is 19.1. The Labute approximate surface area is 118 Å². The molecule has 0 aromatic heterocycles. The molecule has 0 spiro atoms. The molecule has 2 atom stereocenters. The zero-order valence-corrected chi connectivity index (χ0v) is 11.5. The second-order valence-corrected chi connectivity index (χ2v) is 4.96. The van der Waals surface area contributed by atoms with Crippen molar-refractivity contribution in [2.45, 2.75) is 25.2 Å². The lowest BCUT2D eigenvalue weighted by Gasteiger charge is -2.25. The number of aromatic hydroxyl groups is 2. The van der Waals surface area contributed by atoms with Crippen LogP contribution in [0.25, 0.3) is 0 Å². The summed E-state index contributed by atoms with van der Waals surface area (Å²) in [6.07, 6.45) is 0.806. The van der Waals surface area contributed by atoms with Gasteiger partial charge in [-0.1, -0.05) is 31.2 Å². The molecule has 106 valence electrons. The lowest BCUT2D eigenvalue weighted by molar-refractivity contribution is 0.380. The van der Waals surface area contributed by atoms with Crippen LogP contribution in [0.1, 0.15) is 36.3 Å². The monoisotopic (exact) mass is 274 g/mol. The molecule has 2 aromatic rings. The number of phenolic OH excluding ortho intramolecular Hbond substituents is 2. The van der Waals surface area contributed by atoms with Gasteiger partial charge in [0.05, 0.1) is 6.67 Å². The van der Waals surface area contributed by atoms with E-state index in [1.54, 1.807) is 36.4 Å². The van der Waals surface area contributed by atoms with E-state index in [4.69, 9.17) is 0 Å². The minimum atomic E-state index is -0.454. The van der Waals surface area contributed by atoms with E-state index in [0.29, 0.717) is 0 Å². The van der Waals surface area contributed by atoms with Gasteiger partial charge in [0.2, 0.25) is 0 Å². The minimum absolute atomic E-state index is 0.0464. The maximum absolute atomic E-state index is 13.5. The van der Waals surface area contributed by atoms with Gasteiger partial charge in [-0.05, 0) is 47.7 Å². The van der Waals surface area contributed by atoms with Crippen molar-refractivity contribution in [3.63, 3.8) is 0 Å². The van der Waals surface area contributed by atoms with Crippen molar-refractivity contribution in [3.8, 4) is 11.5 Å². The van der Waals surface area contributed by atoms with E-state index in [0.717, 1.165) is 17.5 Å². The number of rotatable bonds is 5. The summed E-state index contributed by atoms with van der Waals surface area (Å²) >= 11 is 0. The molecule has 2 nitrogen and oxygen atoms in total. The minimum Gasteiger partial charge on any atom is -0.508 e.